The number of carbonyl (C=O) groups excluding carboxylic acids is 3. The third-order valence-electron chi connectivity index (χ3n) is 4.53. The van der Waals surface area contributed by atoms with Crippen LogP contribution in [0.2, 0.25) is 0 Å². The summed E-state index contributed by atoms with van der Waals surface area (Å²) in [7, 11) is 0. The van der Waals surface area contributed by atoms with Crippen LogP contribution in [-0.4, -0.2) is 45.0 Å². The molecule has 2 aliphatic rings. The van der Waals surface area contributed by atoms with Gasteiger partial charge in [-0.2, -0.15) is 0 Å². The first kappa shape index (κ1) is 16.8. The van der Waals surface area contributed by atoms with Gasteiger partial charge in [-0.05, 0) is 19.4 Å². The molecule has 0 spiro atoms. The summed E-state index contributed by atoms with van der Waals surface area (Å²) in [6, 6.07) is 8.59. The highest BCUT2D eigenvalue weighted by Gasteiger charge is 2.71. The summed E-state index contributed by atoms with van der Waals surface area (Å²) in [4.78, 5) is 37.0. The van der Waals surface area contributed by atoms with Crippen LogP contribution < -0.4 is 11.1 Å². The van der Waals surface area contributed by atoms with Gasteiger partial charge in [-0.3, -0.25) is 20.2 Å². The highest BCUT2D eigenvalue weighted by Crippen LogP contribution is 2.54. The number of esters is 1. The van der Waals surface area contributed by atoms with Crippen LogP contribution in [0.1, 0.15) is 19.4 Å². The summed E-state index contributed by atoms with van der Waals surface area (Å²) < 4.78 is 4.64. The summed E-state index contributed by atoms with van der Waals surface area (Å²) in [6.45, 7) is 3.68. The zero-order valence-electron chi connectivity index (χ0n) is 13.4. The normalized spacial score (nSPS) is 30.3. The van der Waals surface area contributed by atoms with E-state index in [9.17, 15) is 14.4 Å². The van der Waals surface area contributed by atoms with E-state index < -0.39 is 22.4 Å². The standard InChI is InChI=1S/C16H19N3O4S/c1-15(2)16(17,14(22)23-8-10-6-4-3-5-7-10)19-12(21)11(18-9-20)13(19)24-15/h3-7,9,11,13H,8,17H2,1-2H3,(H,18,20)/t11-,13-,16+/m1/s1. The number of carbonyl (C=O) groups is 3. The predicted octanol–water partition coefficient (Wildman–Crippen LogP) is 0.193. The minimum atomic E-state index is -1.57. The molecule has 7 nitrogen and oxygen atoms in total. The molecular formula is C16H19N3O4S. The van der Waals surface area contributed by atoms with Gasteiger partial charge in [-0.15, -0.1) is 11.8 Å². The molecule has 128 valence electrons. The summed E-state index contributed by atoms with van der Waals surface area (Å²) >= 11 is 1.38. The zero-order chi connectivity index (χ0) is 17.5. The second-order valence-corrected chi connectivity index (χ2v) is 8.06. The van der Waals surface area contributed by atoms with Gasteiger partial charge in [-0.25, -0.2) is 4.79 Å². The van der Waals surface area contributed by atoms with Gasteiger partial charge in [0, 0.05) is 0 Å². The number of nitrogens with two attached hydrogens (primary N) is 1. The van der Waals surface area contributed by atoms with E-state index >= 15 is 0 Å². The van der Waals surface area contributed by atoms with Gasteiger partial charge in [0.05, 0.1) is 4.75 Å². The lowest BCUT2D eigenvalue weighted by atomic mass is 9.89. The summed E-state index contributed by atoms with van der Waals surface area (Å²) in [5.41, 5.74) is 5.64. The van der Waals surface area contributed by atoms with Crippen molar-refractivity contribution in [2.45, 2.75) is 42.3 Å². The fraction of sp³-hybridized carbons (Fsp3) is 0.438. The number of amides is 2. The molecule has 3 rings (SSSR count). The molecule has 0 radical (unpaired) electrons. The Morgan fingerprint density at radius 2 is 2.08 bits per heavy atom. The van der Waals surface area contributed by atoms with Crippen LogP contribution in [0.4, 0.5) is 0 Å². The number of hydrogen-bond acceptors (Lipinski definition) is 6. The molecule has 3 N–H and O–H groups in total. The summed E-state index contributed by atoms with van der Waals surface area (Å²) in [6.07, 6.45) is 0.484. The predicted molar refractivity (Wildman–Crippen MR) is 88.4 cm³/mol. The number of β-lactam (4-membered cyclic amide) rings is 1. The van der Waals surface area contributed by atoms with E-state index in [4.69, 9.17) is 10.5 Å². The van der Waals surface area contributed by atoms with Crippen LogP contribution in [0.25, 0.3) is 0 Å². The van der Waals surface area contributed by atoms with Gasteiger partial charge in [0.15, 0.2) is 0 Å². The SMILES string of the molecule is CC1(C)S[C@@H]2[C@H](NC=O)C(=O)N2[C@@]1(N)C(=O)OCc1ccccc1. The Labute approximate surface area is 143 Å². The Balaban J connectivity index is 1.78. The molecule has 2 aliphatic heterocycles. The van der Waals surface area contributed by atoms with Crippen LogP contribution >= 0.6 is 11.8 Å². The van der Waals surface area contributed by atoms with Crippen molar-refractivity contribution in [3.05, 3.63) is 35.9 Å². The topological polar surface area (TPSA) is 102 Å². The highest BCUT2D eigenvalue weighted by atomic mass is 32.2. The maximum absolute atomic E-state index is 12.7. The van der Waals surface area contributed by atoms with Crippen LogP contribution in [0.5, 0.6) is 0 Å². The smallest absolute Gasteiger partial charge is 0.349 e. The minimum absolute atomic E-state index is 0.0854. The molecule has 0 bridgehead atoms. The van der Waals surface area contributed by atoms with Crippen molar-refractivity contribution in [2.24, 2.45) is 5.73 Å². The number of hydrogen-bond donors (Lipinski definition) is 2. The Bertz CT molecular complexity index is 681. The van der Waals surface area contributed by atoms with Gasteiger partial charge < -0.3 is 10.1 Å². The van der Waals surface area contributed by atoms with E-state index in [0.29, 0.717) is 6.41 Å². The van der Waals surface area contributed by atoms with Gasteiger partial charge in [0.1, 0.15) is 18.0 Å². The maximum Gasteiger partial charge on any atom is 0.349 e. The molecule has 2 saturated heterocycles. The second kappa shape index (κ2) is 5.78. The molecule has 2 heterocycles. The van der Waals surface area contributed by atoms with Crippen molar-refractivity contribution in [1.82, 2.24) is 10.2 Å². The molecule has 0 saturated carbocycles. The monoisotopic (exact) mass is 349 g/mol. The number of nitrogens with zero attached hydrogens (tertiary/aromatic N) is 1. The molecule has 1 aromatic carbocycles. The average Bonchev–Trinajstić information content (AvgIpc) is 2.76. The molecule has 24 heavy (non-hydrogen) atoms. The summed E-state index contributed by atoms with van der Waals surface area (Å²) in [5.74, 6) is -1.02. The number of thioether (sulfide) groups is 1. The third kappa shape index (κ3) is 2.29. The summed E-state index contributed by atoms with van der Waals surface area (Å²) in [5, 5.41) is 2.11. The van der Waals surface area contributed by atoms with Crippen molar-refractivity contribution in [1.29, 1.82) is 0 Å². The Morgan fingerprint density at radius 3 is 2.71 bits per heavy atom. The molecular weight excluding hydrogens is 330 g/mol. The molecule has 0 aromatic heterocycles. The van der Waals surface area contributed by atoms with E-state index in [1.165, 1.54) is 16.7 Å². The Morgan fingerprint density at radius 1 is 1.42 bits per heavy atom. The molecule has 1 aromatic rings. The Kier molecular flexibility index (Phi) is 4.05. The molecule has 2 amide bonds. The van der Waals surface area contributed by atoms with E-state index in [-0.39, 0.29) is 17.9 Å². The first-order chi connectivity index (χ1) is 11.3. The van der Waals surface area contributed by atoms with Crippen LogP contribution in [0, 0.1) is 0 Å². The number of rotatable bonds is 5. The van der Waals surface area contributed by atoms with Crippen LogP contribution in [0.15, 0.2) is 30.3 Å². The van der Waals surface area contributed by atoms with E-state index in [0.717, 1.165) is 5.56 Å². The van der Waals surface area contributed by atoms with Crippen molar-refractivity contribution in [2.75, 3.05) is 0 Å². The second-order valence-electron chi connectivity index (χ2n) is 6.32. The van der Waals surface area contributed by atoms with Crippen LogP contribution in [-0.2, 0) is 25.7 Å². The largest absolute Gasteiger partial charge is 0.458 e. The van der Waals surface area contributed by atoms with Crippen molar-refractivity contribution in [3.8, 4) is 0 Å². The number of benzene rings is 1. The van der Waals surface area contributed by atoms with E-state index in [2.05, 4.69) is 5.32 Å². The van der Waals surface area contributed by atoms with E-state index in [1.807, 2.05) is 30.3 Å². The fourth-order valence-electron chi connectivity index (χ4n) is 3.05. The minimum Gasteiger partial charge on any atom is -0.458 e. The number of nitrogens with one attached hydrogen (secondary N) is 1. The molecule has 0 unspecified atom stereocenters. The van der Waals surface area contributed by atoms with Crippen molar-refractivity contribution < 1.29 is 19.1 Å². The number of ether oxygens (including phenoxy) is 1. The maximum atomic E-state index is 12.7. The van der Waals surface area contributed by atoms with Crippen molar-refractivity contribution in [3.63, 3.8) is 0 Å². The lowest BCUT2D eigenvalue weighted by Gasteiger charge is -2.48. The fourth-order valence-corrected chi connectivity index (χ4v) is 4.72. The third-order valence-corrected chi connectivity index (χ3v) is 6.15. The highest BCUT2D eigenvalue weighted by molar-refractivity contribution is 8.01. The van der Waals surface area contributed by atoms with Crippen LogP contribution in [0.3, 0.4) is 0 Å². The zero-order valence-corrected chi connectivity index (χ0v) is 14.2. The first-order valence-electron chi connectivity index (χ1n) is 7.53. The first-order valence-corrected chi connectivity index (χ1v) is 8.41. The van der Waals surface area contributed by atoms with Gasteiger partial charge >= 0.3 is 5.97 Å². The number of fused-ring (bicyclic) bond motifs is 1. The molecule has 2 fully saturated rings. The molecule has 8 heteroatoms. The van der Waals surface area contributed by atoms with Crippen molar-refractivity contribution >= 4 is 30.0 Å². The molecule has 3 atom stereocenters. The van der Waals surface area contributed by atoms with Gasteiger partial charge in [0.25, 0.3) is 5.91 Å². The Hall–Kier alpha value is -2.06. The lowest BCUT2D eigenvalue weighted by molar-refractivity contribution is -0.175. The average molecular weight is 349 g/mol. The van der Waals surface area contributed by atoms with Gasteiger partial charge in [-0.1, -0.05) is 30.3 Å². The molecule has 0 aliphatic carbocycles. The quantitative estimate of drug-likeness (QED) is 0.447. The lowest BCUT2D eigenvalue weighted by Crippen LogP contribution is -2.78. The van der Waals surface area contributed by atoms with E-state index in [1.54, 1.807) is 13.8 Å². The van der Waals surface area contributed by atoms with Gasteiger partial charge in [0.2, 0.25) is 12.1 Å².